The largest absolute Gasteiger partial charge is 0.478 e. The van der Waals surface area contributed by atoms with Crippen LogP contribution in [-0.2, 0) is 5.92 Å². The maximum absolute atomic E-state index is 14.1. The van der Waals surface area contributed by atoms with Crippen LogP contribution in [0.3, 0.4) is 0 Å². The number of aromatic carboxylic acids is 1. The Morgan fingerprint density at radius 3 is 1.81 bits per heavy atom. The molecule has 1 N–H and O–H groups in total. The van der Waals surface area contributed by atoms with E-state index in [2.05, 4.69) is 0 Å². The average molecular weight is 390 g/mol. The fourth-order valence-corrected chi connectivity index (χ4v) is 2.31. The monoisotopic (exact) mass is 390 g/mol. The zero-order valence-corrected chi connectivity index (χ0v) is 12.2. The third-order valence-electron chi connectivity index (χ3n) is 3.63. The van der Waals surface area contributed by atoms with Gasteiger partial charge in [0.2, 0.25) is 0 Å². The van der Waals surface area contributed by atoms with E-state index in [0.29, 0.717) is 6.07 Å². The predicted molar refractivity (Wildman–Crippen MR) is 70.8 cm³/mol. The van der Waals surface area contributed by atoms with Gasteiger partial charge in [0, 0.05) is 5.56 Å². The molecule has 26 heavy (non-hydrogen) atoms. The molecule has 11 heteroatoms. The van der Waals surface area contributed by atoms with Crippen molar-refractivity contribution < 1.29 is 49.4 Å². The summed E-state index contributed by atoms with van der Waals surface area (Å²) in [5.41, 5.74) is -3.65. The Bertz CT molecular complexity index is 856. The lowest BCUT2D eigenvalue weighted by Crippen LogP contribution is -2.59. The van der Waals surface area contributed by atoms with Crippen molar-refractivity contribution in [1.29, 1.82) is 0 Å². The quantitative estimate of drug-likeness (QED) is 0.704. The normalized spacial score (nSPS) is 13.9. The number of hydrogen-bond donors (Lipinski definition) is 1. The standard InChI is InChI=1S/C15H7F9O2/c16-12(17,13(18,19)14(20,21)15(22,23)24)9-6-5-7-3-1-2-4-8(7)10(9)11(25)26/h1-6H,(H,25,26). The summed E-state index contributed by atoms with van der Waals surface area (Å²) in [4.78, 5) is 11.3. The summed E-state index contributed by atoms with van der Waals surface area (Å²) in [6, 6.07) is 5.45. The maximum atomic E-state index is 14.1. The fourth-order valence-electron chi connectivity index (χ4n) is 2.31. The lowest BCUT2D eigenvalue weighted by Gasteiger charge is -2.34. The van der Waals surface area contributed by atoms with Crippen LogP contribution in [0, 0.1) is 0 Å². The molecule has 0 amide bonds. The van der Waals surface area contributed by atoms with Crippen LogP contribution in [0.2, 0.25) is 0 Å². The Balaban J connectivity index is 2.81. The first kappa shape index (κ1) is 19.9. The molecule has 2 aromatic rings. The van der Waals surface area contributed by atoms with E-state index in [1.165, 1.54) is 12.1 Å². The highest BCUT2D eigenvalue weighted by Crippen LogP contribution is 2.57. The molecular weight excluding hydrogens is 383 g/mol. The summed E-state index contributed by atoms with van der Waals surface area (Å²) in [6.07, 6.45) is -6.99. The Hall–Kier alpha value is -2.46. The fraction of sp³-hybridized carbons (Fsp3) is 0.267. The Kier molecular flexibility index (Phi) is 4.41. The molecule has 2 nitrogen and oxygen atoms in total. The number of benzene rings is 2. The van der Waals surface area contributed by atoms with E-state index in [1.807, 2.05) is 0 Å². The van der Waals surface area contributed by atoms with Crippen molar-refractivity contribution in [2.45, 2.75) is 23.9 Å². The van der Waals surface area contributed by atoms with Crippen LogP contribution in [0.15, 0.2) is 36.4 Å². The summed E-state index contributed by atoms with van der Waals surface area (Å²) in [7, 11) is 0. The van der Waals surface area contributed by atoms with Gasteiger partial charge in [0.15, 0.2) is 0 Å². The Morgan fingerprint density at radius 1 is 0.769 bits per heavy atom. The first-order valence-corrected chi connectivity index (χ1v) is 6.62. The van der Waals surface area contributed by atoms with Crippen molar-refractivity contribution in [2.75, 3.05) is 0 Å². The topological polar surface area (TPSA) is 37.3 Å². The molecule has 2 rings (SSSR count). The van der Waals surface area contributed by atoms with E-state index in [0.717, 1.165) is 12.1 Å². The first-order valence-electron chi connectivity index (χ1n) is 6.62. The van der Waals surface area contributed by atoms with Gasteiger partial charge in [0.1, 0.15) is 0 Å². The van der Waals surface area contributed by atoms with Gasteiger partial charge in [-0.05, 0) is 10.8 Å². The van der Waals surface area contributed by atoms with E-state index in [1.54, 1.807) is 0 Å². The van der Waals surface area contributed by atoms with Gasteiger partial charge in [-0.2, -0.15) is 39.5 Å². The van der Waals surface area contributed by atoms with Crippen molar-refractivity contribution in [3.8, 4) is 0 Å². The molecule has 2 aromatic carbocycles. The molecule has 142 valence electrons. The second kappa shape index (κ2) is 5.78. The van der Waals surface area contributed by atoms with Gasteiger partial charge < -0.3 is 5.11 Å². The van der Waals surface area contributed by atoms with Gasteiger partial charge in [-0.3, -0.25) is 0 Å². The third-order valence-corrected chi connectivity index (χ3v) is 3.63. The lowest BCUT2D eigenvalue weighted by atomic mass is 9.90. The van der Waals surface area contributed by atoms with E-state index in [-0.39, 0.29) is 11.5 Å². The molecule has 0 atom stereocenters. The third kappa shape index (κ3) is 2.65. The van der Waals surface area contributed by atoms with Crippen LogP contribution in [0.1, 0.15) is 15.9 Å². The second-order valence-corrected chi connectivity index (χ2v) is 5.24. The lowest BCUT2D eigenvalue weighted by molar-refractivity contribution is -0.399. The van der Waals surface area contributed by atoms with Crippen LogP contribution >= 0.6 is 0 Å². The highest BCUT2D eigenvalue weighted by molar-refractivity contribution is 6.05. The summed E-state index contributed by atoms with van der Waals surface area (Å²) in [5.74, 6) is -22.4. The van der Waals surface area contributed by atoms with Crippen molar-refractivity contribution in [3.05, 3.63) is 47.5 Å². The molecule has 0 aliphatic rings. The molecule has 0 unspecified atom stereocenters. The summed E-state index contributed by atoms with van der Waals surface area (Å²) in [5, 5.41) is 8.52. The van der Waals surface area contributed by atoms with E-state index < -0.39 is 46.4 Å². The Morgan fingerprint density at radius 2 is 1.31 bits per heavy atom. The number of carboxylic acids is 1. The summed E-state index contributed by atoms with van der Waals surface area (Å²) >= 11 is 0. The van der Waals surface area contributed by atoms with Crippen LogP contribution in [0.25, 0.3) is 10.8 Å². The molecule has 0 aliphatic heterocycles. The van der Waals surface area contributed by atoms with Gasteiger partial charge in [-0.1, -0.05) is 36.4 Å². The highest BCUT2D eigenvalue weighted by Gasteiger charge is 2.82. The zero-order chi connectivity index (χ0) is 20.1. The number of fused-ring (bicyclic) bond motifs is 1. The van der Waals surface area contributed by atoms with Crippen LogP contribution < -0.4 is 0 Å². The average Bonchev–Trinajstić information content (AvgIpc) is 2.51. The first-order chi connectivity index (χ1) is 11.7. The second-order valence-electron chi connectivity index (χ2n) is 5.24. The van der Waals surface area contributed by atoms with Gasteiger partial charge in [-0.15, -0.1) is 0 Å². The summed E-state index contributed by atoms with van der Waals surface area (Å²) in [6.45, 7) is 0. The van der Waals surface area contributed by atoms with Crippen molar-refractivity contribution >= 4 is 16.7 Å². The number of hydrogen-bond acceptors (Lipinski definition) is 1. The van der Waals surface area contributed by atoms with Crippen LogP contribution in [0.4, 0.5) is 39.5 Å². The molecule has 0 aromatic heterocycles. The molecule has 0 bridgehead atoms. The number of carbonyl (C=O) groups is 1. The minimum Gasteiger partial charge on any atom is -0.478 e. The summed E-state index contributed by atoms with van der Waals surface area (Å²) < 4.78 is 118. The number of halogens is 9. The number of carboxylic acid groups (broad SMARTS) is 1. The van der Waals surface area contributed by atoms with Gasteiger partial charge >= 0.3 is 29.9 Å². The number of alkyl halides is 9. The Labute approximate surface area is 138 Å². The van der Waals surface area contributed by atoms with Crippen molar-refractivity contribution in [3.63, 3.8) is 0 Å². The molecule has 0 saturated heterocycles. The molecule has 0 fully saturated rings. The molecule has 0 saturated carbocycles. The van der Waals surface area contributed by atoms with E-state index in [4.69, 9.17) is 5.11 Å². The number of rotatable bonds is 4. The molecule has 0 radical (unpaired) electrons. The molecule has 0 aliphatic carbocycles. The van der Waals surface area contributed by atoms with Gasteiger partial charge in [0.25, 0.3) is 0 Å². The predicted octanol–water partition coefficient (Wildman–Crippen LogP) is 5.46. The van der Waals surface area contributed by atoms with Crippen LogP contribution in [0.5, 0.6) is 0 Å². The SMILES string of the molecule is O=C(O)c1c(C(F)(F)C(F)(F)C(F)(F)C(F)(F)F)ccc2ccccc12. The highest BCUT2D eigenvalue weighted by atomic mass is 19.4. The van der Waals surface area contributed by atoms with Gasteiger partial charge in [-0.25, -0.2) is 4.79 Å². The van der Waals surface area contributed by atoms with Crippen molar-refractivity contribution in [2.24, 2.45) is 0 Å². The smallest absolute Gasteiger partial charge is 0.460 e. The van der Waals surface area contributed by atoms with E-state index >= 15 is 0 Å². The van der Waals surface area contributed by atoms with Crippen molar-refractivity contribution in [1.82, 2.24) is 0 Å². The molecular formula is C15H7F9O2. The molecule has 0 spiro atoms. The maximum Gasteiger partial charge on any atom is 0.460 e. The minimum absolute atomic E-state index is 0.0182. The minimum atomic E-state index is -7.11. The van der Waals surface area contributed by atoms with Gasteiger partial charge in [0.05, 0.1) is 5.56 Å². The van der Waals surface area contributed by atoms with Crippen LogP contribution in [-0.4, -0.2) is 29.1 Å². The molecule has 0 heterocycles. The van der Waals surface area contributed by atoms with E-state index in [9.17, 15) is 44.3 Å². The zero-order valence-electron chi connectivity index (χ0n) is 12.2.